The summed E-state index contributed by atoms with van der Waals surface area (Å²) in [5.74, 6) is 0. The third-order valence-electron chi connectivity index (χ3n) is 2.68. The zero-order chi connectivity index (χ0) is 12.9. The summed E-state index contributed by atoms with van der Waals surface area (Å²) in [5, 5.41) is 0. The highest BCUT2D eigenvalue weighted by molar-refractivity contribution is 8.00. The van der Waals surface area contributed by atoms with Gasteiger partial charge in [-0.25, -0.2) is 0 Å². The molecule has 0 aromatic heterocycles. The van der Waals surface area contributed by atoms with E-state index >= 15 is 0 Å². The van der Waals surface area contributed by atoms with Crippen LogP contribution in [0.5, 0.6) is 0 Å². The maximum absolute atomic E-state index is 10.9. The molecule has 1 rings (SSSR count). The zero-order valence-corrected chi connectivity index (χ0v) is 12.2. The van der Waals surface area contributed by atoms with E-state index in [2.05, 4.69) is 0 Å². The largest absolute Gasteiger partial charge is 0.326 e. The van der Waals surface area contributed by atoms with Gasteiger partial charge in [0.1, 0.15) is 4.93 Å². The Balaban J connectivity index is 2.85. The number of thioether (sulfide) groups is 1. The number of aryl methyl sites for hydroxylation is 1. The lowest BCUT2D eigenvalue weighted by Crippen LogP contribution is -2.23. The molecule has 17 heavy (non-hydrogen) atoms. The van der Waals surface area contributed by atoms with Gasteiger partial charge in [-0.3, -0.25) is 9.09 Å². The first-order chi connectivity index (χ1) is 8.01. The van der Waals surface area contributed by atoms with Gasteiger partial charge in [0.2, 0.25) is 0 Å². The summed E-state index contributed by atoms with van der Waals surface area (Å²) < 4.78 is 16.2. The Bertz CT molecular complexity index is 374. The molecule has 0 fully saturated rings. The minimum absolute atomic E-state index is 0.597. The summed E-state index contributed by atoms with van der Waals surface area (Å²) in [7, 11) is -2.91. The SMILES string of the molecule is CCC(CC)(O[PH](=O)O)Sc1ccc(C)cc1. The number of hydrogen-bond donors (Lipinski definition) is 1. The summed E-state index contributed by atoms with van der Waals surface area (Å²) in [6.07, 6.45) is 1.39. The van der Waals surface area contributed by atoms with E-state index in [1.165, 1.54) is 17.3 Å². The van der Waals surface area contributed by atoms with Crippen molar-refractivity contribution in [1.29, 1.82) is 0 Å². The van der Waals surface area contributed by atoms with Crippen molar-refractivity contribution in [2.45, 2.75) is 43.4 Å². The smallest absolute Gasteiger partial charge is 0.317 e. The van der Waals surface area contributed by atoms with Crippen molar-refractivity contribution >= 4 is 20.0 Å². The Morgan fingerprint density at radius 1 is 1.29 bits per heavy atom. The number of rotatable bonds is 6. The van der Waals surface area contributed by atoms with Crippen LogP contribution in [0.4, 0.5) is 0 Å². The molecule has 5 heteroatoms. The molecule has 1 aromatic rings. The molecule has 0 aliphatic rings. The molecule has 0 saturated heterocycles. The summed E-state index contributed by atoms with van der Waals surface area (Å²) in [6, 6.07) is 8.08. The molecule has 0 spiro atoms. The molecule has 96 valence electrons. The molecule has 1 unspecified atom stereocenters. The van der Waals surface area contributed by atoms with Crippen molar-refractivity contribution < 1.29 is 14.0 Å². The highest BCUT2D eigenvalue weighted by Crippen LogP contribution is 2.44. The average Bonchev–Trinajstić information content (AvgIpc) is 2.30. The van der Waals surface area contributed by atoms with E-state index < -0.39 is 13.2 Å². The first-order valence-corrected chi connectivity index (χ1v) is 7.77. The molecular formula is C12H19O3PS. The quantitative estimate of drug-likeness (QED) is 0.484. The van der Waals surface area contributed by atoms with E-state index in [-0.39, 0.29) is 0 Å². The molecule has 0 radical (unpaired) electrons. The van der Waals surface area contributed by atoms with Crippen molar-refractivity contribution in [3.05, 3.63) is 29.8 Å². The Labute approximate surface area is 108 Å². The second kappa shape index (κ2) is 6.60. The summed E-state index contributed by atoms with van der Waals surface area (Å²) in [6.45, 7) is 5.97. The van der Waals surface area contributed by atoms with Crippen LogP contribution in [-0.2, 0) is 9.09 Å². The monoisotopic (exact) mass is 274 g/mol. The highest BCUT2D eigenvalue weighted by atomic mass is 32.2. The molecule has 0 amide bonds. The molecule has 3 nitrogen and oxygen atoms in total. The lowest BCUT2D eigenvalue weighted by atomic mass is 10.2. The molecule has 1 aromatic carbocycles. The minimum atomic E-state index is -2.91. The predicted molar refractivity (Wildman–Crippen MR) is 72.7 cm³/mol. The van der Waals surface area contributed by atoms with Gasteiger partial charge in [-0.1, -0.05) is 43.3 Å². The van der Waals surface area contributed by atoms with Gasteiger partial charge in [-0.15, -0.1) is 0 Å². The predicted octanol–water partition coefficient (Wildman–Crippen LogP) is 4.00. The van der Waals surface area contributed by atoms with Crippen molar-refractivity contribution in [2.75, 3.05) is 0 Å². The van der Waals surface area contributed by atoms with Crippen LogP contribution >= 0.6 is 20.0 Å². The van der Waals surface area contributed by atoms with E-state index in [1.807, 2.05) is 45.0 Å². The molecular weight excluding hydrogens is 255 g/mol. The number of benzene rings is 1. The number of hydrogen-bond acceptors (Lipinski definition) is 3. The Morgan fingerprint density at radius 2 is 1.82 bits per heavy atom. The van der Waals surface area contributed by atoms with Gasteiger partial charge in [0.25, 0.3) is 0 Å². The molecule has 1 N–H and O–H groups in total. The van der Waals surface area contributed by atoms with E-state index in [0.717, 1.165) is 4.90 Å². The Morgan fingerprint density at radius 3 is 2.24 bits per heavy atom. The second-order valence-corrected chi connectivity index (χ2v) is 6.06. The topological polar surface area (TPSA) is 46.5 Å². The van der Waals surface area contributed by atoms with Gasteiger partial charge in [0, 0.05) is 4.90 Å². The van der Waals surface area contributed by atoms with E-state index in [4.69, 9.17) is 9.42 Å². The van der Waals surface area contributed by atoms with E-state index in [1.54, 1.807) is 0 Å². The fourth-order valence-electron chi connectivity index (χ4n) is 1.54. The molecule has 0 heterocycles. The summed E-state index contributed by atoms with van der Waals surface area (Å²) >= 11 is 1.52. The van der Waals surface area contributed by atoms with Gasteiger partial charge in [-0.05, 0) is 31.9 Å². The molecule has 0 saturated carbocycles. The zero-order valence-electron chi connectivity index (χ0n) is 10.4. The molecule has 0 aliphatic heterocycles. The third-order valence-corrected chi connectivity index (χ3v) is 4.93. The summed E-state index contributed by atoms with van der Waals surface area (Å²) in [5.41, 5.74) is 1.20. The van der Waals surface area contributed by atoms with Gasteiger partial charge < -0.3 is 4.89 Å². The van der Waals surface area contributed by atoms with E-state index in [9.17, 15) is 4.57 Å². The van der Waals surface area contributed by atoms with Crippen LogP contribution in [0.2, 0.25) is 0 Å². The van der Waals surface area contributed by atoms with Crippen molar-refractivity contribution in [3.63, 3.8) is 0 Å². The van der Waals surface area contributed by atoms with Crippen molar-refractivity contribution in [3.8, 4) is 0 Å². The van der Waals surface area contributed by atoms with Crippen LogP contribution in [-0.4, -0.2) is 9.83 Å². The maximum Gasteiger partial charge on any atom is 0.317 e. The average molecular weight is 274 g/mol. The van der Waals surface area contributed by atoms with Crippen LogP contribution < -0.4 is 0 Å². The second-order valence-electron chi connectivity index (χ2n) is 3.90. The lowest BCUT2D eigenvalue weighted by molar-refractivity contribution is 0.147. The van der Waals surface area contributed by atoms with Crippen LogP contribution in [0.15, 0.2) is 29.2 Å². The fourth-order valence-corrected chi connectivity index (χ4v) is 3.52. The van der Waals surface area contributed by atoms with Gasteiger partial charge in [0.05, 0.1) is 0 Å². The van der Waals surface area contributed by atoms with Gasteiger partial charge in [0.15, 0.2) is 0 Å². The lowest BCUT2D eigenvalue weighted by Gasteiger charge is -2.29. The third kappa shape index (κ3) is 4.47. The molecule has 1 atom stereocenters. The fraction of sp³-hybridized carbons (Fsp3) is 0.500. The van der Waals surface area contributed by atoms with Gasteiger partial charge in [-0.2, -0.15) is 0 Å². The molecule has 0 aliphatic carbocycles. The summed E-state index contributed by atoms with van der Waals surface area (Å²) in [4.78, 5) is 9.44. The van der Waals surface area contributed by atoms with Crippen LogP contribution in [0.25, 0.3) is 0 Å². The Kier molecular flexibility index (Phi) is 5.74. The normalized spacial score (nSPS) is 13.6. The van der Waals surface area contributed by atoms with Crippen LogP contribution in [0.1, 0.15) is 32.3 Å². The van der Waals surface area contributed by atoms with Crippen LogP contribution in [0.3, 0.4) is 0 Å². The van der Waals surface area contributed by atoms with Crippen molar-refractivity contribution in [2.24, 2.45) is 0 Å². The minimum Gasteiger partial charge on any atom is -0.326 e. The van der Waals surface area contributed by atoms with Gasteiger partial charge >= 0.3 is 8.25 Å². The first kappa shape index (κ1) is 14.8. The van der Waals surface area contributed by atoms with Crippen molar-refractivity contribution in [1.82, 2.24) is 0 Å². The van der Waals surface area contributed by atoms with Crippen LogP contribution in [0, 0.1) is 6.92 Å². The first-order valence-electron chi connectivity index (χ1n) is 5.69. The highest BCUT2D eigenvalue weighted by Gasteiger charge is 2.30. The standard InChI is InChI=1S/C12H19O3PS/c1-4-12(5-2,15-16(13)14)17-11-8-6-10(3)7-9-11/h6-9,16H,4-5H2,1-3H3,(H,13,14). The van der Waals surface area contributed by atoms with E-state index in [0.29, 0.717) is 12.8 Å². The maximum atomic E-state index is 10.9. The molecule has 0 bridgehead atoms. The Hall–Kier alpha value is -0.280.